The largest absolute Gasteiger partial charge is 0.458 e. The van der Waals surface area contributed by atoms with Crippen LogP contribution in [0.3, 0.4) is 0 Å². The third-order valence-electron chi connectivity index (χ3n) is 4.62. The molecule has 0 amide bonds. The number of fused-ring (bicyclic) bond motifs is 1. The van der Waals surface area contributed by atoms with Gasteiger partial charge in [0.25, 0.3) is 5.69 Å². The molecule has 0 bridgehead atoms. The van der Waals surface area contributed by atoms with E-state index >= 15 is 0 Å². The zero-order valence-electron chi connectivity index (χ0n) is 16.0. The molecule has 0 radical (unpaired) electrons. The Morgan fingerprint density at radius 2 is 1.77 bits per heavy atom. The van der Waals surface area contributed by atoms with Crippen LogP contribution in [0.5, 0.6) is 0 Å². The summed E-state index contributed by atoms with van der Waals surface area (Å²) in [4.78, 5) is 26.2. The SMILES string of the molecule is O=C(OC1CCc2ccccc2C1)c1ccc([N+](=O)[O-])cc1.SSc1ccccn1. The van der Waals surface area contributed by atoms with Gasteiger partial charge in [-0.05, 0) is 59.0 Å². The van der Waals surface area contributed by atoms with Crippen LogP contribution in [0, 0.1) is 10.1 Å². The molecule has 1 unspecified atom stereocenters. The zero-order valence-corrected chi connectivity index (χ0v) is 17.7. The Labute approximate surface area is 183 Å². The number of carbonyl (C=O) groups is 1. The van der Waals surface area contributed by atoms with Gasteiger partial charge in [0.05, 0.1) is 10.5 Å². The number of thiol groups is 1. The van der Waals surface area contributed by atoms with Crippen LogP contribution in [0.25, 0.3) is 0 Å². The fourth-order valence-electron chi connectivity index (χ4n) is 3.10. The molecule has 1 atom stereocenters. The zero-order chi connectivity index (χ0) is 21.3. The lowest BCUT2D eigenvalue weighted by Gasteiger charge is -2.24. The summed E-state index contributed by atoms with van der Waals surface area (Å²) >= 11 is 3.96. The summed E-state index contributed by atoms with van der Waals surface area (Å²) in [7, 11) is 1.35. The highest BCUT2D eigenvalue weighted by Gasteiger charge is 2.22. The molecule has 0 aliphatic heterocycles. The van der Waals surface area contributed by atoms with Gasteiger partial charge in [-0.2, -0.15) is 0 Å². The first kappa shape index (κ1) is 21.9. The Bertz CT molecular complexity index is 998. The first-order valence-corrected chi connectivity index (χ1v) is 11.2. The molecular formula is C22H20N2O4S2. The van der Waals surface area contributed by atoms with Crippen LogP contribution in [0.2, 0.25) is 0 Å². The summed E-state index contributed by atoms with van der Waals surface area (Å²) in [6.45, 7) is 0. The molecule has 1 aromatic heterocycles. The number of non-ortho nitro benzene ring substituents is 1. The third-order valence-corrected chi connectivity index (χ3v) is 5.61. The van der Waals surface area contributed by atoms with E-state index in [-0.39, 0.29) is 11.8 Å². The highest BCUT2D eigenvalue weighted by atomic mass is 33.1. The van der Waals surface area contributed by atoms with Gasteiger partial charge in [0, 0.05) is 24.8 Å². The van der Waals surface area contributed by atoms with E-state index in [1.165, 1.54) is 46.2 Å². The number of rotatable bonds is 4. The van der Waals surface area contributed by atoms with E-state index < -0.39 is 10.9 Å². The van der Waals surface area contributed by atoms with Gasteiger partial charge in [-0.25, -0.2) is 9.78 Å². The average Bonchev–Trinajstić information content (AvgIpc) is 2.80. The lowest BCUT2D eigenvalue weighted by molar-refractivity contribution is -0.384. The monoisotopic (exact) mass is 440 g/mol. The molecule has 0 spiro atoms. The number of benzene rings is 2. The lowest BCUT2D eigenvalue weighted by Crippen LogP contribution is -2.25. The number of aryl methyl sites for hydroxylation is 1. The van der Waals surface area contributed by atoms with E-state index in [9.17, 15) is 14.9 Å². The lowest BCUT2D eigenvalue weighted by atomic mass is 9.90. The molecule has 8 heteroatoms. The molecule has 0 saturated carbocycles. The predicted molar refractivity (Wildman–Crippen MR) is 120 cm³/mol. The molecule has 1 aliphatic carbocycles. The minimum Gasteiger partial charge on any atom is -0.458 e. The van der Waals surface area contributed by atoms with Crippen molar-refractivity contribution in [1.82, 2.24) is 4.98 Å². The van der Waals surface area contributed by atoms with Gasteiger partial charge in [0.2, 0.25) is 0 Å². The quantitative estimate of drug-likeness (QED) is 0.194. The van der Waals surface area contributed by atoms with Crippen LogP contribution in [0.15, 0.2) is 78.0 Å². The molecule has 6 nitrogen and oxygen atoms in total. The van der Waals surface area contributed by atoms with Crippen molar-refractivity contribution in [2.75, 3.05) is 0 Å². The fraction of sp³-hybridized carbons (Fsp3) is 0.182. The number of nitro benzene ring substituents is 1. The molecule has 1 aliphatic rings. The molecule has 0 N–H and O–H groups in total. The van der Waals surface area contributed by atoms with E-state index in [1.54, 1.807) is 6.20 Å². The molecule has 4 rings (SSSR count). The van der Waals surface area contributed by atoms with Gasteiger partial charge in [-0.15, -0.1) is 11.7 Å². The summed E-state index contributed by atoms with van der Waals surface area (Å²) in [6, 6.07) is 19.4. The van der Waals surface area contributed by atoms with Crippen molar-refractivity contribution in [2.24, 2.45) is 0 Å². The van der Waals surface area contributed by atoms with Gasteiger partial charge in [-0.3, -0.25) is 10.1 Å². The van der Waals surface area contributed by atoms with E-state index in [4.69, 9.17) is 4.74 Å². The minimum absolute atomic E-state index is 0.0388. The van der Waals surface area contributed by atoms with Crippen molar-refractivity contribution < 1.29 is 14.5 Å². The number of aromatic nitrogens is 1. The summed E-state index contributed by atoms with van der Waals surface area (Å²) in [6.07, 6.45) is 4.02. The second-order valence-electron chi connectivity index (χ2n) is 6.60. The number of hydrogen-bond donors (Lipinski definition) is 1. The maximum Gasteiger partial charge on any atom is 0.338 e. The Hall–Kier alpha value is -2.84. The normalized spacial score (nSPS) is 14.6. The third kappa shape index (κ3) is 6.08. The van der Waals surface area contributed by atoms with Gasteiger partial charge in [0.15, 0.2) is 0 Å². The number of nitro groups is 1. The first-order chi connectivity index (χ1) is 14.6. The van der Waals surface area contributed by atoms with Crippen LogP contribution < -0.4 is 0 Å². The van der Waals surface area contributed by atoms with E-state index in [1.807, 2.05) is 30.3 Å². The van der Waals surface area contributed by atoms with E-state index in [0.717, 1.165) is 24.3 Å². The number of nitrogens with zero attached hydrogens (tertiary/aromatic N) is 2. The summed E-state index contributed by atoms with van der Waals surface area (Å²) in [5.74, 6) is -0.431. The highest BCUT2D eigenvalue weighted by Crippen LogP contribution is 2.24. The molecule has 0 fully saturated rings. The molecule has 2 aromatic carbocycles. The number of pyridine rings is 1. The number of ether oxygens (including phenoxy) is 1. The maximum atomic E-state index is 12.1. The molecule has 0 saturated heterocycles. The van der Waals surface area contributed by atoms with Gasteiger partial charge >= 0.3 is 5.97 Å². The van der Waals surface area contributed by atoms with E-state index in [2.05, 4.69) is 28.8 Å². The second-order valence-corrected chi connectivity index (χ2v) is 7.75. The minimum atomic E-state index is -0.493. The maximum absolute atomic E-state index is 12.1. The van der Waals surface area contributed by atoms with Crippen molar-refractivity contribution in [2.45, 2.75) is 30.4 Å². The number of esters is 1. The molecule has 30 heavy (non-hydrogen) atoms. The van der Waals surface area contributed by atoms with Crippen molar-refractivity contribution in [1.29, 1.82) is 0 Å². The summed E-state index contributed by atoms with van der Waals surface area (Å²) in [5.41, 5.74) is 2.83. The Morgan fingerprint density at radius 3 is 2.37 bits per heavy atom. The van der Waals surface area contributed by atoms with Gasteiger partial charge in [-0.1, -0.05) is 30.3 Å². The fourth-order valence-corrected chi connectivity index (χ4v) is 3.68. The number of hydrogen-bond acceptors (Lipinski definition) is 7. The van der Waals surface area contributed by atoms with Crippen LogP contribution in [-0.4, -0.2) is 22.0 Å². The van der Waals surface area contributed by atoms with Crippen LogP contribution in [-0.2, 0) is 17.6 Å². The summed E-state index contributed by atoms with van der Waals surface area (Å²) in [5, 5.41) is 11.5. The molecule has 154 valence electrons. The topological polar surface area (TPSA) is 82.3 Å². The van der Waals surface area contributed by atoms with Crippen molar-refractivity contribution in [3.63, 3.8) is 0 Å². The van der Waals surface area contributed by atoms with Gasteiger partial charge < -0.3 is 4.74 Å². The molecule has 3 aromatic rings. The number of carbonyl (C=O) groups excluding carboxylic acids is 1. The Balaban J connectivity index is 0.000000269. The predicted octanol–water partition coefficient (Wildman–Crippen LogP) is 5.33. The molecular weight excluding hydrogens is 420 g/mol. The smallest absolute Gasteiger partial charge is 0.338 e. The van der Waals surface area contributed by atoms with Crippen LogP contribution >= 0.6 is 22.5 Å². The summed E-state index contributed by atoms with van der Waals surface area (Å²) < 4.78 is 5.53. The molecule has 1 heterocycles. The second kappa shape index (κ2) is 10.8. The Kier molecular flexibility index (Phi) is 7.87. The van der Waals surface area contributed by atoms with Crippen LogP contribution in [0.4, 0.5) is 5.69 Å². The van der Waals surface area contributed by atoms with Crippen molar-refractivity contribution in [3.8, 4) is 0 Å². The standard InChI is InChI=1S/C17H15NO4.C5H5NS2/c19-17(13-5-8-15(9-6-13)18(20)21)22-16-10-7-12-3-1-2-4-14(12)11-16;7-8-5-3-1-2-4-6-5/h1-6,8-9,16H,7,10-11H2;1-4,7H. The van der Waals surface area contributed by atoms with Gasteiger partial charge in [0.1, 0.15) is 11.1 Å². The van der Waals surface area contributed by atoms with E-state index in [0.29, 0.717) is 5.56 Å². The van der Waals surface area contributed by atoms with Crippen molar-refractivity contribution in [3.05, 3.63) is 99.7 Å². The van der Waals surface area contributed by atoms with Crippen LogP contribution in [0.1, 0.15) is 27.9 Å². The average molecular weight is 441 g/mol. The highest BCUT2D eigenvalue weighted by molar-refractivity contribution is 8.68. The van der Waals surface area contributed by atoms with Crippen molar-refractivity contribution >= 4 is 34.1 Å². The first-order valence-electron chi connectivity index (χ1n) is 9.31. The Morgan fingerprint density at radius 1 is 1.07 bits per heavy atom.